The van der Waals surface area contributed by atoms with Crippen LogP contribution in [0.25, 0.3) is 0 Å². The molecule has 0 aliphatic heterocycles. The van der Waals surface area contributed by atoms with Crippen LogP contribution < -0.4 is 10.5 Å². The van der Waals surface area contributed by atoms with Crippen molar-refractivity contribution in [2.75, 3.05) is 7.11 Å². The molecule has 2 rings (SSSR count). The Hall–Kier alpha value is -0.940. The molecule has 0 heterocycles. The van der Waals surface area contributed by atoms with Gasteiger partial charge in [0.25, 0.3) is 0 Å². The van der Waals surface area contributed by atoms with Crippen molar-refractivity contribution in [2.24, 2.45) is 17.6 Å². The SMILES string of the molecule is COc1cc(C(N)C2CCCC(C(F)(F)F)C2)ccc1Cl. The van der Waals surface area contributed by atoms with Crippen LogP contribution in [0.15, 0.2) is 18.2 Å². The molecule has 0 radical (unpaired) electrons. The number of halogens is 4. The number of hydrogen-bond donors (Lipinski definition) is 1. The lowest BCUT2D eigenvalue weighted by atomic mass is 9.76. The topological polar surface area (TPSA) is 35.2 Å². The zero-order valence-electron chi connectivity index (χ0n) is 11.8. The van der Waals surface area contributed by atoms with Crippen LogP contribution in [0, 0.1) is 11.8 Å². The van der Waals surface area contributed by atoms with Crippen molar-refractivity contribution in [2.45, 2.75) is 37.9 Å². The van der Waals surface area contributed by atoms with Gasteiger partial charge in [-0.25, -0.2) is 0 Å². The van der Waals surface area contributed by atoms with Gasteiger partial charge >= 0.3 is 6.18 Å². The molecule has 3 unspecified atom stereocenters. The normalized spacial score (nSPS) is 24.7. The zero-order valence-corrected chi connectivity index (χ0v) is 12.5. The summed E-state index contributed by atoms with van der Waals surface area (Å²) >= 11 is 5.96. The van der Waals surface area contributed by atoms with Crippen molar-refractivity contribution >= 4 is 11.6 Å². The maximum absolute atomic E-state index is 12.9. The van der Waals surface area contributed by atoms with E-state index in [9.17, 15) is 13.2 Å². The van der Waals surface area contributed by atoms with Crippen LogP contribution in [-0.4, -0.2) is 13.3 Å². The molecular weight excluding hydrogens is 303 g/mol. The number of alkyl halides is 3. The first-order valence-electron chi connectivity index (χ1n) is 6.98. The zero-order chi connectivity index (χ0) is 15.6. The molecule has 0 bridgehead atoms. The van der Waals surface area contributed by atoms with E-state index in [0.717, 1.165) is 12.0 Å². The summed E-state index contributed by atoms with van der Waals surface area (Å²) < 4.78 is 43.8. The molecule has 1 aliphatic rings. The molecule has 2 nitrogen and oxygen atoms in total. The average Bonchev–Trinajstić information content (AvgIpc) is 2.46. The second kappa shape index (κ2) is 6.44. The maximum atomic E-state index is 12.9. The highest BCUT2D eigenvalue weighted by Gasteiger charge is 2.43. The van der Waals surface area contributed by atoms with Crippen molar-refractivity contribution in [3.05, 3.63) is 28.8 Å². The monoisotopic (exact) mass is 321 g/mol. The Kier molecular flexibility index (Phi) is 5.04. The van der Waals surface area contributed by atoms with Gasteiger partial charge in [0.2, 0.25) is 0 Å². The van der Waals surface area contributed by atoms with E-state index in [4.69, 9.17) is 22.1 Å². The molecule has 21 heavy (non-hydrogen) atoms. The summed E-state index contributed by atoms with van der Waals surface area (Å²) in [5.74, 6) is -0.916. The predicted octanol–water partition coefficient (Wildman–Crippen LogP) is 4.72. The molecular formula is C15H19ClF3NO. The Morgan fingerprint density at radius 3 is 2.67 bits per heavy atom. The van der Waals surface area contributed by atoms with Gasteiger partial charge in [-0.05, 0) is 42.9 Å². The highest BCUT2D eigenvalue weighted by atomic mass is 35.5. The second-order valence-electron chi connectivity index (χ2n) is 5.58. The van der Waals surface area contributed by atoms with Crippen LogP contribution in [0.4, 0.5) is 13.2 Å². The van der Waals surface area contributed by atoms with Gasteiger partial charge in [0, 0.05) is 6.04 Å². The maximum Gasteiger partial charge on any atom is 0.391 e. The van der Waals surface area contributed by atoms with E-state index < -0.39 is 18.1 Å². The Labute approximate surface area is 127 Å². The molecule has 6 heteroatoms. The fraction of sp³-hybridized carbons (Fsp3) is 0.600. The van der Waals surface area contributed by atoms with Crippen molar-refractivity contribution in [1.29, 1.82) is 0 Å². The molecule has 1 aliphatic carbocycles. The van der Waals surface area contributed by atoms with Crippen LogP contribution in [-0.2, 0) is 0 Å². The van der Waals surface area contributed by atoms with Crippen molar-refractivity contribution in [3.63, 3.8) is 0 Å². The number of rotatable bonds is 3. The molecule has 118 valence electrons. The second-order valence-corrected chi connectivity index (χ2v) is 5.99. The Morgan fingerprint density at radius 2 is 2.05 bits per heavy atom. The minimum absolute atomic E-state index is 0.0929. The quantitative estimate of drug-likeness (QED) is 0.874. The van der Waals surface area contributed by atoms with Gasteiger partial charge in [-0.15, -0.1) is 0 Å². The number of benzene rings is 1. The van der Waals surface area contributed by atoms with E-state index in [-0.39, 0.29) is 18.8 Å². The summed E-state index contributed by atoms with van der Waals surface area (Å²) in [5.41, 5.74) is 6.95. The molecule has 1 saturated carbocycles. The third kappa shape index (κ3) is 3.83. The fourth-order valence-electron chi connectivity index (χ4n) is 3.01. The van der Waals surface area contributed by atoms with Gasteiger partial charge in [-0.2, -0.15) is 13.2 Å². The molecule has 0 saturated heterocycles. The minimum Gasteiger partial charge on any atom is -0.495 e. The van der Waals surface area contributed by atoms with E-state index in [2.05, 4.69) is 0 Å². The number of methoxy groups -OCH3 is 1. The van der Waals surface area contributed by atoms with E-state index in [1.165, 1.54) is 7.11 Å². The summed E-state index contributed by atoms with van der Waals surface area (Å²) in [5, 5.41) is 0.463. The number of hydrogen-bond acceptors (Lipinski definition) is 2. The fourth-order valence-corrected chi connectivity index (χ4v) is 3.20. The van der Waals surface area contributed by atoms with Crippen LogP contribution in [0.2, 0.25) is 5.02 Å². The highest BCUT2D eigenvalue weighted by molar-refractivity contribution is 6.32. The highest BCUT2D eigenvalue weighted by Crippen LogP contribution is 2.43. The lowest BCUT2D eigenvalue weighted by Crippen LogP contribution is -2.33. The Morgan fingerprint density at radius 1 is 1.33 bits per heavy atom. The van der Waals surface area contributed by atoms with Crippen molar-refractivity contribution in [1.82, 2.24) is 0 Å². The Bertz CT molecular complexity index is 492. The van der Waals surface area contributed by atoms with Gasteiger partial charge in [0.05, 0.1) is 18.1 Å². The number of nitrogens with two attached hydrogens (primary N) is 1. The minimum atomic E-state index is -4.13. The summed E-state index contributed by atoms with van der Waals surface area (Å²) in [6.45, 7) is 0. The van der Waals surface area contributed by atoms with Gasteiger partial charge < -0.3 is 10.5 Å². The van der Waals surface area contributed by atoms with Crippen LogP contribution in [0.5, 0.6) is 5.75 Å². The smallest absolute Gasteiger partial charge is 0.391 e. The van der Waals surface area contributed by atoms with Gasteiger partial charge in [-0.1, -0.05) is 24.1 Å². The third-order valence-electron chi connectivity index (χ3n) is 4.25. The first kappa shape index (κ1) is 16.4. The molecule has 3 atom stereocenters. The number of ether oxygens (including phenoxy) is 1. The molecule has 1 aromatic rings. The van der Waals surface area contributed by atoms with E-state index in [1.807, 2.05) is 0 Å². The predicted molar refractivity (Wildman–Crippen MR) is 76.4 cm³/mol. The standard InChI is InChI=1S/C15H19ClF3NO/c1-21-13-8-10(5-6-12(13)16)14(20)9-3-2-4-11(7-9)15(17,18)19/h5-6,8-9,11,14H,2-4,7,20H2,1H3. The molecule has 0 amide bonds. The van der Waals surface area contributed by atoms with E-state index in [0.29, 0.717) is 17.2 Å². The van der Waals surface area contributed by atoms with Gasteiger partial charge in [0.1, 0.15) is 5.75 Å². The first-order valence-corrected chi connectivity index (χ1v) is 7.36. The molecule has 1 aromatic carbocycles. The third-order valence-corrected chi connectivity index (χ3v) is 4.56. The van der Waals surface area contributed by atoms with Crippen LogP contribution in [0.3, 0.4) is 0 Å². The van der Waals surface area contributed by atoms with E-state index in [1.54, 1.807) is 18.2 Å². The summed E-state index contributed by atoms with van der Waals surface area (Å²) in [7, 11) is 1.50. The average molecular weight is 322 g/mol. The van der Waals surface area contributed by atoms with Crippen molar-refractivity contribution in [3.8, 4) is 5.75 Å². The van der Waals surface area contributed by atoms with Crippen LogP contribution in [0.1, 0.15) is 37.3 Å². The summed E-state index contributed by atoms with van der Waals surface area (Å²) in [6, 6.07) is 4.71. The molecule has 0 spiro atoms. The lowest BCUT2D eigenvalue weighted by molar-refractivity contribution is -0.186. The van der Waals surface area contributed by atoms with Gasteiger partial charge in [-0.3, -0.25) is 0 Å². The van der Waals surface area contributed by atoms with Crippen molar-refractivity contribution < 1.29 is 17.9 Å². The largest absolute Gasteiger partial charge is 0.495 e. The molecule has 2 N–H and O–H groups in total. The molecule has 0 aromatic heterocycles. The van der Waals surface area contributed by atoms with Gasteiger partial charge in [0.15, 0.2) is 0 Å². The summed E-state index contributed by atoms with van der Waals surface area (Å²) in [6.07, 6.45) is -2.55. The first-order chi connectivity index (χ1) is 9.82. The lowest BCUT2D eigenvalue weighted by Gasteiger charge is -2.34. The van der Waals surface area contributed by atoms with Crippen LogP contribution >= 0.6 is 11.6 Å². The van der Waals surface area contributed by atoms with E-state index >= 15 is 0 Å². The summed E-state index contributed by atoms with van der Waals surface area (Å²) in [4.78, 5) is 0. The molecule has 1 fully saturated rings. The Balaban J connectivity index is 2.14.